The molecule has 5 rings (SSSR count). The van der Waals surface area contributed by atoms with Gasteiger partial charge in [-0.05, 0) is 57.5 Å². The molecule has 8 heteroatoms. The number of aryl methyl sites for hydroxylation is 3. The fraction of sp³-hybridized carbons (Fsp3) is 0.214. The fourth-order valence-electron chi connectivity index (χ4n) is 4.66. The number of pyridine rings is 1. The number of hydrogen-bond acceptors (Lipinski definition) is 4. The molecule has 1 amide bonds. The molecule has 0 aliphatic heterocycles. The van der Waals surface area contributed by atoms with Gasteiger partial charge in [0.2, 0.25) is 0 Å². The van der Waals surface area contributed by atoms with Crippen LogP contribution in [-0.4, -0.2) is 30.5 Å². The maximum atomic E-state index is 13.7. The van der Waals surface area contributed by atoms with Gasteiger partial charge in [0.1, 0.15) is 0 Å². The zero-order valence-electron chi connectivity index (χ0n) is 20.9. The van der Waals surface area contributed by atoms with Crippen LogP contribution in [0, 0.1) is 27.7 Å². The highest BCUT2D eigenvalue weighted by Crippen LogP contribution is 2.30. The molecule has 36 heavy (non-hydrogen) atoms. The highest BCUT2D eigenvalue weighted by molar-refractivity contribution is 6.30. The van der Waals surface area contributed by atoms with Gasteiger partial charge in [0.25, 0.3) is 5.91 Å². The van der Waals surface area contributed by atoms with Crippen molar-refractivity contribution in [2.45, 2.75) is 34.2 Å². The monoisotopic (exact) mass is 498 g/mol. The molecule has 0 unspecified atom stereocenters. The van der Waals surface area contributed by atoms with Gasteiger partial charge in [0.05, 0.1) is 46.1 Å². The number of halogens is 1. The van der Waals surface area contributed by atoms with Crippen molar-refractivity contribution in [1.29, 1.82) is 0 Å². The van der Waals surface area contributed by atoms with Crippen molar-refractivity contribution in [3.05, 3.63) is 93.5 Å². The molecule has 0 fully saturated rings. The van der Waals surface area contributed by atoms with E-state index in [1.54, 1.807) is 0 Å². The molecular weight excluding hydrogens is 472 g/mol. The molecule has 0 aliphatic carbocycles. The number of rotatable bonds is 5. The summed E-state index contributed by atoms with van der Waals surface area (Å²) in [7, 11) is 1.91. The Morgan fingerprint density at radius 3 is 2.44 bits per heavy atom. The van der Waals surface area contributed by atoms with Gasteiger partial charge in [-0.2, -0.15) is 10.2 Å². The predicted octanol–water partition coefficient (Wildman–Crippen LogP) is 6.02. The maximum Gasteiger partial charge on any atom is 0.256 e. The smallest absolute Gasteiger partial charge is 0.256 e. The molecule has 1 N–H and O–H groups in total. The zero-order valence-corrected chi connectivity index (χ0v) is 21.7. The maximum absolute atomic E-state index is 13.7. The number of nitrogens with zero attached hydrogens (tertiary/aromatic N) is 5. The number of aromatic nitrogens is 5. The third-order valence-corrected chi connectivity index (χ3v) is 6.80. The van der Waals surface area contributed by atoms with Crippen molar-refractivity contribution >= 4 is 34.1 Å². The number of amides is 1. The lowest BCUT2D eigenvalue weighted by molar-refractivity contribution is 0.102. The van der Waals surface area contributed by atoms with Crippen LogP contribution in [0.5, 0.6) is 0 Å². The second-order valence-corrected chi connectivity index (χ2v) is 9.47. The van der Waals surface area contributed by atoms with Crippen molar-refractivity contribution in [1.82, 2.24) is 24.5 Å². The first-order valence-corrected chi connectivity index (χ1v) is 12.1. The van der Waals surface area contributed by atoms with Crippen LogP contribution in [0.2, 0.25) is 5.02 Å². The van der Waals surface area contributed by atoms with Crippen LogP contribution < -0.4 is 5.32 Å². The highest BCUT2D eigenvalue weighted by atomic mass is 35.5. The van der Waals surface area contributed by atoms with Gasteiger partial charge in [-0.15, -0.1) is 0 Å². The average Bonchev–Trinajstić information content (AvgIpc) is 3.25. The summed E-state index contributed by atoms with van der Waals surface area (Å²) in [4.78, 5) is 18.6. The quantitative estimate of drug-likeness (QED) is 0.321. The largest absolute Gasteiger partial charge is 0.319 e. The van der Waals surface area contributed by atoms with E-state index in [0.717, 1.165) is 50.5 Å². The zero-order chi connectivity index (χ0) is 25.6. The topological polar surface area (TPSA) is 77.6 Å². The number of hydrogen-bond donors (Lipinski definition) is 1. The summed E-state index contributed by atoms with van der Waals surface area (Å²) in [5, 5.41) is 13.8. The van der Waals surface area contributed by atoms with Crippen molar-refractivity contribution in [2.24, 2.45) is 7.05 Å². The van der Waals surface area contributed by atoms with E-state index >= 15 is 0 Å². The van der Waals surface area contributed by atoms with Crippen LogP contribution in [0.25, 0.3) is 22.2 Å². The van der Waals surface area contributed by atoms with Crippen LogP contribution in [0.1, 0.15) is 38.7 Å². The lowest BCUT2D eigenvalue weighted by atomic mass is 10.0. The van der Waals surface area contributed by atoms with Crippen molar-refractivity contribution in [3.63, 3.8) is 0 Å². The summed E-state index contributed by atoms with van der Waals surface area (Å²) in [6.07, 6.45) is 0. The van der Waals surface area contributed by atoms with Gasteiger partial charge in [0, 0.05) is 28.7 Å². The number of anilines is 1. The molecule has 0 bridgehead atoms. The Kier molecular flexibility index (Phi) is 6.10. The van der Waals surface area contributed by atoms with E-state index in [2.05, 4.69) is 15.5 Å². The van der Waals surface area contributed by atoms with E-state index in [0.29, 0.717) is 22.8 Å². The van der Waals surface area contributed by atoms with Gasteiger partial charge >= 0.3 is 0 Å². The molecular formula is C28H27ClN6O. The molecule has 182 valence electrons. The Labute approximate surface area is 214 Å². The molecule has 0 radical (unpaired) electrons. The Morgan fingerprint density at radius 1 is 0.944 bits per heavy atom. The molecule has 5 aromatic rings. The van der Waals surface area contributed by atoms with Gasteiger partial charge in [-0.1, -0.05) is 41.9 Å². The SMILES string of the molecule is Cc1nn(Cc2cccc(Cl)c2)c(C)c1NC(=O)c1cc(-c2c(C)nn(C)c2C)nc2ccccc12. The third kappa shape index (κ3) is 4.27. The normalized spacial score (nSPS) is 11.3. The first kappa shape index (κ1) is 23.8. The Bertz CT molecular complexity index is 1630. The summed E-state index contributed by atoms with van der Waals surface area (Å²) >= 11 is 6.15. The molecule has 0 atom stereocenters. The standard InChI is InChI=1S/C28H27ClN6O/c1-16-26(18(3)34(5)32-16)25-14-23(22-11-6-7-12-24(22)30-25)28(36)31-27-17(2)33-35(19(27)4)15-20-9-8-10-21(29)13-20/h6-14H,15H2,1-5H3,(H,31,36). The number of para-hydroxylation sites is 1. The van der Waals surface area contributed by atoms with Gasteiger partial charge < -0.3 is 5.32 Å². The molecule has 2 aromatic carbocycles. The highest BCUT2D eigenvalue weighted by Gasteiger charge is 2.21. The van der Waals surface area contributed by atoms with E-state index in [9.17, 15) is 4.79 Å². The van der Waals surface area contributed by atoms with Crippen molar-refractivity contribution in [2.75, 3.05) is 5.32 Å². The van der Waals surface area contributed by atoms with Crippen LogP contribution >= 0.6 is 11.6 Å². The van der Waals surface area contributed by atoms with E-state index < -0.39 is 0 Å². The lowest BCUT2D eigenvalue weighted by Crippen LogP contribution is -2.14. The molecule has 0 saturated carbocycles. The number of carbonyl (C=O) groups excluding carboxylic acids is 1. The Balaban J connectivity index is 1.53. The number of carbonyl (C=O) groups is 1. The number of nitrogens with one attached hydrogen (secondary N) is 1. The minimum atomic E-state index is -0.206. The van der Waals surface area contributed by atoms with Crippen LogP contribution in [0.3, 0.4) is 0 Å². The van der Waals surface area contributed by atoms with Crippen LogP contribution in [0.4, 0.5) is 5.69 Å². The fourth-order valence-corrected chi connectivity index (χ4v) is 4.87. The molecule has 0 aliphatic rings. The molecule has 7 nitrogen and oxygen atoms in total. The second kappa shape index (κ2) is 9.24. The number of fused-ring (bicyclic) bond motifs is 1. The predicted molar refractivity (Wildman–Crippen MR) is 144 cm³/mol. The summed E-state index contributed by atoms with van der Waals surface area (Å²) < 4.78 is 3.72. The molecule has 0 saturated heterocycles. The van der Waals surface area contributed by atoms with Gasteiger partial charge in [-0.3, -0.25) is 14.2 Å². The first-order chi connectivity index (χ1) is 17.2. The van der Waals surface area contributed by atoms with E-state index in [1.807, 2.05) is 98.7 Å². The average molecular weight is 499 g/mol. The van der Waals surface area contributed by atoms with E-state index in [-0.39, 0.29) is 5.91 Å². The third-order valence-electron chi connectivity index (χ3n) is 6.57. The minimum absolute atomic E-state index is 0.206. The van der Waals surface area contributed by atoms with E-state index in [4.69, 9.17) is 16.6 Å². The molecule has 0 spiro atoms. The Hall–Kier alpha value is -3.97. The second-order valence-electron chi connectivity index (χ2n) is 9.03. The first-order valence-electron chi connectivity index (χ1n) is 11.7. The van der Waals surface area contributed by atoms with E-state index in [1.165, 1.54) is 0 Å². The Morgan fingerprint density at radius 2 is 1.72 bits per heavy atom. The summed E-state index contributed by atoms with van der Waals surface area (Å²) in [6, 6.07) is 17.2. The molecule has 3 heterocycles. The van der Waals surface area contributed by atoms with Gasteiger partial charge in [-0.25, -0.2) is 4.98 Å². The summed E-state index contributed by atoms with van der Waals surface area (Å²) in [6.45, 7) is 8.38. The minimum Gasteiger partial charge on any atom is -0.319 e. The van der Waals surface area contributed by atoms with Crippen LogP contribution in [-0.2, 0) is 13.6 Å². The summed E-state index contributed by atoms with van der Waals surface area (Å²) in [5.41, 5.74) is 8.22. The van der Waals surface area contributed by atoms with Gasteiger partial charge in [0.15, 0.2) is 0 Å². The lowest BCUT2D eigenvalue weighted by Gasteiger charge is -2.12. The number of benzene rings is 2. The molecule has 3 aromatic heterocycles. The van der Waals surface area contributed by atoms with Crippen molar-refractivity contribution < 1.29 is 4.79 Å². The van der Waals surface area contributed by atoms with Crippen LogP contribution in [0.15, 0.2) is 54.6 Å². The van der Waals surface area contributed by atoms with Crippen molar-refractivity contribution in [3.8, 4) is 11.3 Å². The summed E-state index contributed by atoms with van der Waals surface area (Å²) in [5.74, 6) is -0.206.